The SMILES string of the molecule is C[C]1C(C)=C(C)C(C)=C1C.C[C]1C(C)=C(C)C(C)=C1C.C[Si](C)(C)[CH-][Si](C)(C)C.[Nd]. The third-order valence-corrected chi connectivity index (χ3v) is 13.4. The molecule has 0 amide bonds. The standard InChI is InChI=1S/2C10H15.C7H19Si2.Nd/c2*1-6-7(2)9(4)10(5)8(6)3;1-8(2,3)7-9(4,5)6;/h2*1-5H3;7H,1-6H3;/q;;-1;. The smallest absolute Gasteiger partial charge is 0.0226 e. The normalized spacial score (nSPS) is 18.4. The molecule has 0 atom stereocenters. The largest absolute Gasteiger partial charge is 0.327 e. The summed E-state index contributed by atoms with van der Waals surface area (Å²) in [7, 11) is -1.71. The van der Waals surface area contributed by atoms with E-state index in [4.69, 9.17) is 0 Å². The summed E-state index contributed by atoms with van der Waals surface area (Å²) in [5.74, 6) is 2.94. The minimum atomic E-state index is -0.856. The first-order valence-electron chi connectivity index (χ1n) is 11.1. The van der Waals surface area contributed by atoms with Gasteiger partial charge in [-0.15, -0.1) is 16.1 Å². The Kier molecular flexibility index (Phi) is 14.1. The molecule has 0 bridgehead atoms. The summed E-state index contributed by atoms with van der Waals surface area (Å²) >= 11 is 0. The Labute approximate surface area is 225 Å². The van der Waals surface area contributed by atoms with Crippen LogP contribution in [0.3, 0.4) is 0 Å². The molecule has 0 unspecified atom stereocenters. The molecule has 0 N–H and O–H groups in total. The topological polar surface area (TPSA) is 0 Å². The molecule has 2 rings (SSSR count). The molecule has 0 saturated carbocycles. The maximum Gasteiger partial charge on any atom is 0.0226 e. The van der Waals surface area contributed by atoms with Crippen molar-refractivity contribution < 1.29 is 40.8 Å². The predicted octanol–water partition coefficient (Wildman–Crippen LogP) is 9.48. The first-order chi connectivity index (χ1) is 12.8. The molecule has 2 radical (unpaired) electrons. The fourth-order valence-electron chi connectivity index (χ4n) is 4.11. The Morgan fingerprint density at radius 3 is 0.567 bits per heavy atom. The van der Waals surface area contributed by atoms with Gasteiger partial charge in [0.05, 0.1) is 0 Å². The van der Waals surface area contributed by atoms with Crippen molar-refractivity contribution in [2.24, 2.45) is 0 Å². The van der Waals surface area contributed by atoms with Crippen molar-refractivity contribution in [3.63, 3.8) is 0 Å². The van der Waals surface area contributed by atoms with E-state index in [-0.39, 0.29) is 40.8 Å². The average molecular weight is 574 g/mol. The van der Waals surface area contributed by atoms with Crippen LogP contribution in [0.1, 0.15) is 69.2 Å². The molecule has 0 spiro atoms. The molecule has 170 valence electrons. The molecule has 0 nitrogen and oxygen atoms in total. The van der Waals surface area contributed by atoms with Crippen LogP contribution < -0.4 is 0 Å². The molecule has 0 fully saturated rings. The average Bonchev–Trinajstić information content (AvgIpc) is 2.83. The zero-order chi connectivity index (χ0) is 23.5. The van der Waals surface area contributed by atoms with Gasteiger partial charge in [-0.25, -0.2) is 0 Å². The van der Waals surface area contributed by atoms with Crippen LogP contribution in [0.2, 0.25) is 39.3 Å². The summed E-state index contributed by atoms with van der Waals surface area (Å²) in [6.07, 6.45) is 0. The van der Waals surface area contributed by atoms with E-state index in [1.165, 1.54) is 56.4 Å². The second-order valence-corrected chi connectivity index (χ2v) is 21.7. The van der Waals surface area contributed by atoms with E-state index < -0.39 is 16.1 Å². The summed E-state index contributed by atoms with van der Waals surface area (Å²) in [5.41, 5.74) is 14.4. The van der Waals surface area contributed by atoms with Crippen LogP contribution in [-0.4, -0.2) is 16.1 Å². The maximum absolute atomic E-state index is 2.65. The molecule has 3 heteroatoms. The Morgan fingerprint density at radius 2 is 0.533 bits per heavy atom. The summed E-state index contributed by atoms with van der Waals surface area (Å²) in [6.45, 7) is 36.4. The first-order valence-corrected chi connectivity index (χ1v) is 18.2. The first kappa shape index (κ1) is 32.9. The number of hydrogen-bond acceptors (Lipinski definition) is 0. The molecular formula is C27H49NdSi2-. The maximum atomic E-state index is 2.65. The van der Waals surface area contributed by atoms with Gasteiger partial charge in [-0.1, -0.05) is 75.4 Å². The summed E-state index contributed by atoms with van der Waals surface area (Å²) in [5, 5.41) is 0. The van der Waals surface area contributed by atoms with Gasteiger partial charge >= 0.3 is 0 Å². The van der Waals surface area contributed by atoms with Gasteiger partial charge in [0.2, 0.25) is 0 Å². The van der Waals surface area contributed by atoms with Gasteiger partial charge in [0, 0.05) is 52.7 Å². The van der Waals surface area contributed by atoms with Gasteiger partial charge in [-0.2, -0.15) is 0 Å². The third-order valence-electron chi connectivity index (χ3n) is 6.49. The van der Waals surface area contributed by atoms with E-state index in [1.807, 2.05) is 0 Å². The van der Waals surface area contributed by atoms with E-state index in [0.717, 1.165) is 0 Å². The molecule has 0 aromatic carbocycles. The van der Waals surface area contributed by atoms with Crippen LogP contribution in [0.15, 0.2) is 44.6 Å². The molecule has 0 saturated heterocycles. The van der Waals surface area contributed by atoms with Crippen molar-refractivity contribution in [1.29, 1.82) is 0 Å². The molecule has 0 aromatic heterocycles. The van der Waals surface area contributed by atoms with E-state index >= 15 is 0 Å². The summed E-state index contributed by atoms with van der Waals surface area (Å²) in [4.78, 5) is 0. The molecule has 2 aliphatic carbocycles. The zero-order valence-corrected chi connectivity index (χ0v) is 28.3. The minimum Gasteiger partial charge on any atom is -0.327 e. The minimum absolute atomic E-state index is 0. The van der Waals surface area contributed by atoms with Crippen LogP contribution in [-0.2, 0) is 0 Å². The number of hydrogen-bond donors (Lipinski definition) is 0. The van der Waals surface area contributed by atoms with E-state index in [9.17, 15) is 0 Å². The van der Waals surface area contributed by atoms with Gasteiger partial charge in [-0.3, -0.25) is 0 Å². The van der Waals surface area contributed by atoms with Crippen molar-refractivity contribution in [2.75, 3.05) is 0 Å². The summed E-state index contributed by atoms with van der Waals surface area (Å²) < 4.78 is 0. The van der Waals surface area contributed by atoms with Crippen LogP contribution in [0.25, 0.3) is 0 Å². The van der Waals surface area contributed by atoms with Gasteiger partial charge < -0.3 is 5.67 Å². The van der Waals surface area contributed by atoms with Crippen LogP contribution >= 0.6 is 0 Å². The molecule has 0 heterocycles. The van der Waals surface area contributed by atoms with Crippen molar-refractivity contribution in [3.05, 3.63) is 62.1 Å². The van der Waals surface area contributed by atoms with Crippen molar-refractivity contribution in [3.8, 4) is 0 Å². The van der Waals surface area contributed by atoms with E-state index in [1.54, 1.807) is 0 Å². The Morgan fingerprint density at radius 1 is 0.367 bits per heavy atom. The molecule has 2 aliphatic rings. The monoisotopic (exact) mass is 571 g/mol. The van der Waals surface area contributed by atoms with Crippen molar-refractivity contribution in [2.45, 2.75) is 109 Å². The third kappa shape index (κ3) is 10.1. The van der Waals surface area contributed by atoms with Gasteiger partial charge in [-0.05, 0) is 77.7 Å². The van der Waals surface area contributed by atoms with Crippen LogP contribution in [0.4, 0.5) is 0 Å². The van der Waals surface area contributed by atoms with Gasteiger partial charge in [0.15, 0.2) is 0 Å². The quantitative estimate of drug-likeness (QED) is 0.228. The Balaban J connectivity index is 0. The summed E-state index contributed by atoms with van der Waals surface area (Å²) in [6, 6.07) is 0. The van der Waals surface area contributed by atoms with Gasteiger partial charge in [0.1, 0.15) is 0 Å². The molecular weight excluding hydrogens is 525 g/mol. The van der Waals surface area contributed by atoms with E-state index in [0.29, 0.717) is 0 Å². The molecule has 0 aromatic rings. The van der Waals surface area contributed by atoms with Crippen molar-refractivity contribution >= 4 is 16.1 Å². The second-order valence-electron chi connectivity index (χ2n) is 11.1. The van der Waals surface area contributed by atoms with E-state index in [2.05, 4.69) is 114 Å². The van der Waals surface area contributed by atoms with Gasteiger partial charge in [0.25, 0.3) is 0 Å². The number of rotatable bonds is 2. The van der Waals surface area contributed by atoms with Crippen LogP contribution in [0.5, 0.6) is 0 Å². The zero-order valence-electron chi connectivity index (χ0n) is 23.1. The van der Waals surface area contributed by atoms with Crippen molar-refractivity contribution in [1.82, 2.24) is 0 Å². The predicted molar refractivity (Wildman–Crippen MR) is 142 cm³/mol. The Hall–Kier alpha value is 0.744. The second kappa shape index (κ2) is 12.8. The van der Waals surface area contributed by atoms with Crippen LogP contribution in [0, 0.1) is 58.3 Å². The Bertz CT molecular complexity index is 609. The fourth-order valence-corrected chi connectivity index (χ4v) is 14.5. The number of allylic oxidation sites excluding steroid dienone is 8. The molecule has 0 aliphatic heterocycles. The molecule has 30 heavy (non-hydrogen) atoms. The fraction of sp³-hybridized carbons (Fsp3) is 0.593.